The summed E-state index contributed by atoms with van der Waals surface area (Å²) >= 11 is 3.70. The molecule has 1 fully saturated rings. The number of amides is 2. The second-order valence-corrected chi connectivity index (χ2v) is 11.9. The van der Waals surface area contributed by atoms with Crippen molar-refractivity contribution in [3.63, 3.8) is 0 Å². The first-order valence-corrected chi connectivity index (χ1v) is 15.7. The SMILES string of the molecule is CS[C@@]1(NC(=O)CSCC#N)C(=O)N2C(C(=O)OC(c3ccccc3)c3ccccc3)=C(COC(C)=O)CS[C@@H]21. The molecule has 4 rings (SSSR count). The molecule has 2 atom stereocenters. The molecule has 208 valence electrons. The van der Waals surface area contributed by atoms with Crippen molar-refractivity contribution in [3.05, 3.63) is 83.1 Å². The van der Waals surface area contributed by atoms with Crippen LogP contribution in [0.4, 0.5) is 0 Å². The molecule has 1 saturated heterocycles. The zero-order valence-electron chi connectivity index (χ0n) is 21.8. The minimum absolute atomic E-state index is 0.0182. The molecule has 2 aromatic rings. The third-order valence-electron chi connectivity index (χ3n) is 6.23. The summed E-state index contributed by atoms with van der Waals surface area (Å²) in [7, 11) is 0. The van der Waals surface area contributed by atoms with Crippen LogP contribution in [0.1, 0.15) is 24.2 Å². The third kappa shape index (κ3) is 6.16. The van der Waals surface area contributed by atoms with E-state index in [2.05, 4.69) is 5.32 Å². The summed E-state index contributed by atoms with van der Waals surface area (Å²) in [6.45, 7) is 1.10. The van der Waals surface area contributed by atoms with Gasteiger partial charge in [0.15, 0.2) is 11.0 Å². The van der Waals surface area contributed by atoms with E-state index in [9.17, 15) is 19.2 Å². The Morgan fingerprint density at radius 2 is 1.77 bits per heavy atom. The van der Waals surface area contributed by atoms with E-state index in [4.69, 9.17) is 14.7 Å². The number of β-lactam (4-membered cyclic amide) rings is 1. The molecule has 2 aromatic carbocycles. The van der Waals surface area contributed by atoms with E-state index in [1.165, 1.54) is 35.3 Å². The van der Waals surface area contributed by atoms with E-state index in [0.29, 0.717) is 5.57 Å². The van der Waals surface area contributed by atoms with Gasteiger partial charge in [0.25, 0.3) is 5.91 Å². The summed E-state index contributed by atoms with van der Waals surface area (Å²) in [6.07, 6.45) is 0.971. The standard InChI is InChI=1S/C28H27N3O6S3/c1-18(32)36-15-21-16-40-27-28(38-2,30-22(33)17-39-14-13-29)26(35)31(27)23(21)25(34)37-24(19-9-5-3-6-10-19)20-11-7-4-8-12-20/h3-12,24,27H,14-17H2,1-2H3,(H,30,33)/t27-,28+/m1/s1. The predicted molar refractivity (Wildman–Crippen MR) is 155 cm³/mol. The van der Waals surface area contributed by atoms with Crippen molar-refractivity contribution in [1.82, 2.24) is 10.2 Å². The van der Waals surface area contributed by atoms with Gasteiger partial charge in [-0.2, -0.15) is 5.26 Å². The highest BCUT2D eigenvalue weighted by molar-refractivity contribution is 8.05. The Balaban J connectivity index is 1.65. The summed E-state index contributed by atoms with van der Waals surface area (Å²) in [5, 5.41) is 11.0. The highest BCUT2D eigenvalue weighted by atomic mass is 32.2. The summed E-state index contributed by atoms with van der Waals surface area (Å²) in [6, 6.07) is 20.5. The maximum Gasteiger partial charge on any atom is 0.356 e. The van der Waals surface area contributed by atoms with Crippen molar-refractivity contribution < 1.29 is 28.7 Å². The second-order valence-electron chi connectivity index (χ2n) is 8.82. The normalized spacial score (nSPS) is 19.8. The van der Waals surface area contributed by atoms with Gasteiger partial charge in [-0.25, -0.2) is 4.79 Å². The predicted octanol–water partition coefficient (Wildman–Crippen LogP) is 3.48. The topological polar surface area (TPSA) is 126 Å². The first kappa shape index (κ1) is 29.6. The molecule has 0 bridgehead atoms. The molecule has 0 radical (unpaired) electrons. The summed E-state index contributed by atoms with van der Waals surface area (Å²) < 4.78 is 11.3. The minimum Gasteiger partial charge on any atom is -0.461 e. The van der Waals surface area contributed by atoms with E-state index in [1.807, 2.05) is 66.7 Å². The molecule has 2 amide bonds. The molecule has 12 heteroatoms. The molecule has 2 heterocycles. The lowest BCUT2D eigenvalue weighted by atomic mass is 10.00. The van der Waals surface area contributed by atoms with E-state index in [-0.39, 0.29) is 35.5 Å². The number of esters is 2. The highest BCUT2D eigenvalue weighted by Crippen LogP contribution is 2.51. The molecule has 0 aromatic heterocycles. The monoisotopic (exact) mass is 597 g/mol. The Bertz CT molecular complexity index is 1310. The number of nitrogens with one attached hydrogen (secondary N) is 1. The van der Waals surface area contributed by atoms with Crippen LogP contribution in [0.3, 0.4) is 0 Å². The molecule has 40 heavy (non-hydrogen) atoms. The van der Waals surface area contributed by atoms with Crippen LogP contribution < -0.4 is 5.32 Å². The van der Waals surface area contributed by atoms with Gasteiger partial charge in [0, 0.05) is 18.2 Å². The zero-order valence-corrected chi connectivity index (χ0v) is 24.3. The smallest absolute Gasteiger partial charge is 0.356 e. The Kier molecular flexibility index (Phi) is 9.84. The minimum atomic E-state index is -1.29. The number of benzene rings is 2. The highest BCUT2D eigenvalue weighted by Gasteiger charge is 2.65. The summed E-state index contributed by atoms with van der Waals surface area (Å²) in [4.78, 5) is 51.9. The Hall–Kier alpha value is -3.40. The van der Waals surface area contributed by atoms with Gasteiger partial charge in [0.1, 0.15) is 17.7 Å². The van der Waals surface area contributed by atoms with Crippen molar-refractivity contribution in [2.75, 3.05) is 30.1 Å². The molecule has 9 nitrogen and oxygen atoms in total. The van der Waals surface area contributed by atoms with Gasteiger partial charge in [-0.15, -0.1) is 35.3 Å². The molecule has 0 spiro atoms. The first-order chi connectivity index (χ1) is 19.3. The second kappa shape index (κ2) is 13.3. The first-order valence-electron chi connectivity index (χ1n) is 12.2. The summed E-state index contributed by atoms with van der Waals surface area (Å²) in [5.74, 6) is -1.64. The van der Waals surface area contributed by atoms with Gasteiger partial charge in [-0.1, -0.05) is 60.7 Å². The lowest BCUT2D eigenvalue weighted by Crippen LogP contribution is -2.78. The van der Waals surface area contributed by atoms with Gasteiger partial charge in [0.2, 0.25) is 5.91 Å². The molecule has 2 aliphatic rings. The fraction of sp³-hybridized carbons (Fsp3) is 0.321. The van der Waals surface area contributed by atoms with Crippen LogP contribution in [0, 0.1) is 11.3 Å². The van der Waals surface area contributed by atoms with E-state index < -0.39 is 34.2 Å². The van der Waals surface area contributed by atoms with Gasteiger partial charge in [-0.3, -0.25) is 19.3 Å². The van der Waals surface area contributed by atoms with Crippen LogP contribution in [0.5, 0.6) is 0 Å². The number of ether oxygens (including phenoxy) is 2. The Labute approximate surface area is 245 Å². The van der Waals surface area contributed by atoms with Crippen molar-refractivity contribution >= 4 is 59.0 Å². The maximum absolute atomic E-state index is 13.9. The van der Waals surface area contributed by atoms with Crippen molar-refractivity contribution in [2.45, 2.75) is 23.3 Å². The van der Waals surface area contributed by atoms with E-state index in [0.717, 1.165) is 22.9 Å². The van der Waals surface area contributed by atoms with Crippen LogP contribution in [-0.2, 0) is 28.7 Å². The molecular weight excluding hydrogens is 571 g/mol. The van der Waals surface area contributed by atoms with Gasteiger partial charge >= 0.3 is 11.9 Å². The number of hydrogen-bond acceptors (Lipinski definition) is 10. The van der Waals surface area contributed by atoms with Crippen LogP contribution in [0.2, 0.25) is 0 Å². The number of rotatable bonds is 11. The van der Waals surface area contributed by atoms with Crippen molar-refractivity contribution in [2.24, 2.45) is 0 Å². The maximum atomic E-state index is 13.9. The van der Waals surface area contributed by atoms with Crippen molar-refractivity contribution in [1.29, 1.82) is 5.26 Å². The average Bonchev–Trinajstić information content (AvgIpc) is 2.97. The number of carbonyl (C=O) groups excluding carboxylic acids is 4. The quantitative estimate of drug-likeness (QED) is 0.178. The van der Waals surface area contributed by atoms with E-state index >= 15 is 0 Å². The molecule has 0 aliphatic carbocycles. The fourth-order valence-electron chi connectivity index (χ4n) is 4.41. The van der Waals surface area contributed by atoms with Gasteiger partial charge in [-0.05, 0) is 17.4 Å². The van der Waals surface area contributed by atoms with E-state index in [1.54, 1.807) is 6.26 Å². The van der Waals surface area contributed by atoms with Crippen LogP contribution in [0.15, 0.2) is 71.9 Å². The molecular formula is C28H27N3O6S3. The molecule has 2 aliphatic heterocycles. The molecule has 0 saturated carbocycles. The largest absolute Gasteiger partial charge is 0.461 e. The Morgan fingerprint density at radius 1 is 1.15 bits per heavy atom. The Morgan fingerprint density at radius 3 is 2.33 bits per heavy atom. The molecule has 1 N–H and O–H groups in total. The van der Waals surface area contributed by atoms with Crippen LogP contribution >= 0.6 is 35.3 Å². The number of nitrogens with zero attached hydrogens (tertiary/aromatic N) is 2. The van der Waals surface area contributed by atoms with Crippen LogP contribution in [0.25, 0.3) is 0 Å². The van der Waals surface area contributed by atoms with Gasteiger partial charge < -0.3 is 14.8 Å². The third-order valence-corrected chi connectivity index (χ3v) is 9.72. The molecule has 0 unspecified atom stereocenters. The number of nitriles is 1. The lowest BCUT2D eigenvalue weighted by molar-refractivity contribution is -0.156. The van der Waals surface area contributed by atoms with Crippen LogP contribution in [-0.4, -0.2) is 69.0 Å². The number of thioether (sulfide) groups is 3. The number of hydrogen-bond donors (Lipinski definition) is 1. The van der Waals surface area contributed by atoms with Gasteiger partial charge in [0.05, 0.1) is 17.6 Å². The van der Waals surface area contributed by atoms with Crippen molar-refractivity contribution in [3.8, 4) is 6.07 Å². The fourth-order valence-corrected chi connectivity index (χ4v) is 7.47. The zero-order chi connectivity index (χ0) is 28.7. The average molecular weight is 598 g/mol. The number of fused-ring (bicyclic) bond motifs is 1. The number of carbonyl (C=O) groups is 4. The summed E-state index contributed by atoms with van der Waals surface area (Å²) in [5.41, 5.74) is 1.97. The lowest BCUT2D eigenvalue weighted by Gasteiger charge is -2.56.